The van der Waals surface area contributed by atoms with Crippen molar-refractivity contribution in [2.75, 3.05) is 7.11 Å². The number of carbonyl (C=O) groups is 1. The average Bonchev–Trinajstić information content (AvgIpc) is 3.29. The number of rotatable bonds is 3. The fraction of sp³-hybridized carbons (Fsp3) is 0.143. The van der Waals surface area contributed by atoms with Gasteiger partial charge in [-0.25, -0.2) is 4.99 Å². The lowest BCUT2D eigenvalue weighted by molar-refractivity contribution is -0.103. The van der Waals surface area contributed by atoms with Crippen molar-refractivity contribution in [3.05, 3.63) is 74.6 Å². The molecule has 5 heteroatoms. The Bertz CT molecular complexity index is 1260. The summed E-state index contributed by atoms with van der Waals surface area (Å²) in [6.07, 6.45) is 2.87. The van der Waals surface area contributed by atoms with E-state index >= 15 is 0 Å². The molecule has 3 heterocycles. The fourth-order valence-electron chi connectivity index (χ4n) is 3.33. The van der Waals surface area contributed by atoms with Crippen LogP contribution in [0.25, 0.3) is 17.3 Å². The lowest BCUT2D eigenvalue weighted by atomic mass is 10.1. The van der Waals surface area contributed by atoms with Crippen molar-refractivity contribution in [3.8, 4) is 5.75 Å². The van der Waals surface area contributed by atoms with Crippen LogP contribution in [0.3, 0.4) is 0 Å². The van der Waals surface area contributed by atoms with Gasteiger partial charge in [-0.1, -0.05) is 18.2 Å². The van der Waals surface area contributed by atoms with Gasteiger partial charge >= 0.3 is 0 Å². The van der Waals surface area contributed by atoms with Crippen molar-refractivity contribution in [2.45, 2.75) is 13.8 Å². The Hall–Kier alpha value is -3.34. The van der Waals surface area contributed by atoms with Crippen LogP contribution < -0.4 is 26.0 Å². The van der Waals surface area contributed by atoms with E-state index in [0.29, 0.717) is 17.0 Å². The van der Waals surface area contributed by atoms with Crippen LogP contribution in [0.4, 0.5) is 0 Å². The topological polar surface area (TPSA) is 70.2 Å². The molecule has 1 aliphatic heterocycles. The van der Waals surface area contributed by atoms with E-state index in [-0.39, 0.29) is 0 Å². The number of fused-ring (bicyclic) bond motifs is 1. The van der Waals surface area contributed by atoms with E-state index in [1.54, 1.807) is 7.11 Å². The van der Waals surface area contributed by atoms with E-state index in [1.165, 1.54) is 0 Å². The molecule has 0 radical (unpaired) electrons. The Morgan fingerprint density at radius 2 is 1.92 bits per heavy atom. The minimum atomic E-state index is 0.586. The molecule has 0 saturated carbocycles. The molecular weight excluding hydrogens is 326 g/mol. The summed E-state index contributed by atoms with van der Waals surface area (Å²) in [7, 11) is 1.63. The van der Waals surface area contributed by atoms with Gasteiger partial charge in [-0.3, -0.25) is 4.79 Å². The van der Waals surface area contributed by atoms with E-state index in [1.807, 2.05) is 43.3 Å². The van der Waals surface area contributed by atoms with Gasteiger partial charge in [-0.2, -0.15) is 0 Å². The Kier molecular flexibility index (Phi) is 3.84. The normalized spacial score (nSPS) is 15.8. The maximum Gasteiger partial charge on any atom is 0.152 e. The zero-order valence-electron chi connectivity index (χ0n) is 14.9. The summed E-state index contributed by atoms with van der Waals surface area (Å²) in [5.41, 5.74) is 4.50. The van der Waals surface area contributed by atoms with Crippen LogP contribution in [-0.2, 0) is 4.79 Å². The molecule has 0 aliphatic carbocycles. The Morgan fingerprint density at radius 3 is 2.62 bits per heavy atom. The van der Waals surface area contributed by atoms with Crippen LogP contribution in [0.2, 0.25) is 0 Å². The number of aldehydes is 1. The van der Waals surface area contributed by atoms with Gasteiger partial charge in [-0.15, -0.1) is 0 Å². The number of hydrogen-bond acceptors (Lipinski definition) is 3. The highest BCUT2D eigenvalue weighted by molar-refractivity contribution is 6.17. The van der Waals surface area contributed by atoms with Crippen LogP contribution >= 0.6 is 0 Å². The van der Waals surface area contributed by atoms with Gasteiger partial charge in [0.05, 0.1) is 34.4 Å². The lowest BCUT2D eigenvalue weighted by Crippen LogP contribution is -2.22. The van der Waals surface area contributed by atoms with E-state index < -0.39 is 0 Å². The minimum Gasteiger partial charge on any atom is -0.494 e. The number of nitrogens with zero attached hydrogens (tertiary/aromatic N) is 1. The quantitative estimate of drug-likeness (QED) is 0.682. The van der Waals surface area contributed by atoms with Crippen molar-refractivity contribution >= 4 is 23.6 Å². The van der Waals surface area contributed by atoms with E-state index in [4.69, 9.17) is 4.74 Å². The summed E-state index contributed by atoms with van der Waals surface area (Å²) in [6.45, 7) is 4.08. The third-order valence-corrected chi connectivity index (χ3v) is 4.56. The standard InChI is InChI=1S/C21H19N3O2/c1-12-8-13(2)22-17(12)9-18-20(26-3)10-19(23-18)21-15(11-25)14-6-4-5-7-16(14)24-21/h4-11,22-23H,1-3H3/b18-9-,21-19?. The first-order valence-electron chi connectivity index (χ1n) is 8.39. The Labute approximate surface area is 150 Å². The SMILES string of the molecule is COc1cc(=C2N=c3ccccc3=C2C=O)[nH]/c1=C\c1[nH]c(C)cc1C. The molecule has 26 heavy (non-hydrogen) atoms. The predicted molar refractivity (Wildman–Crippen MR) is 101 cm³/mol. The molecule has 0 saturated heterocycles. The largest absolute Gasteiger partial charge is 0.494 e. The number of hydrogen-bond donors (Lipinski definition) is 2. The van der Waals surface area contributed by atoms with Crippen molar-refractivity contribution in [2.24, 2.45) is 4.99 Å². The molecule has 5 nitrogen and oxygen atoms in total. The van der Waals surface area contributed by atoms with Crippen molar-refractivity contribution in [1.82, 2.24) is 9.97 Å². The lowest BCUT2D eigenvalue weighted by Gasteiger charge is -1.94. The van der Waals surface area contributed by atoms with Crippen molar-refractivity contribution in [3.63, 3.8) is 0 Å². The molecule has 0 amide bonds. The van der Waals surface area contributed by atoms with Gasteiger partial charge in [0.25, 0.3) is 0 Å². The Morgan fingerprint density at radius 1 is 1.12 bits per heavy atom. The summed E-state index contributed by atoms with van der Waals surface area (Å²) in [4.78, 5) is 23.0. The smallest absolute Gasteiger partial charge is 0.152 e. The van der Waals surface area contributed by atoms with Crippen LogP contribution in [-0.4, -0.2) is 23.4 Å². The first-order valence-corrected chi connectivity index (χ1v) is 8.39. The van der Waals surface area contributed by atoms with Crippen LogP contribution in [0.5, 0.6) is 5.75 Å². The number of para-hydroxylation sites is 1. The minimum absolute atomic E-state index is 0.586. The third-order valence-electron chi connectivity index (χ3n) is 4.56. The number of methoxy groups -OCH3 is 1. The van der Waals surface area contributed by atoms with Crippen LogP contribution in [0.15, 0.2) is 41.4 Å². The number of nitrogens with one attached hydrogen (secondary N) is 2. The number of aromatic amines is 2. The highest BCUT2D eigenvalue weighted by Crippen LogP contribution is 2.13. The first kappa shape index (κ1) is 16.1. The summed E-state index contributed by atoms with van der Waals surface area (Å²) in [6, 6.07) is 11.6. The molecule has 1 aliphatic rings. The number of aromatic nitrogens is 2. The number of H-pyrrole nitrogens is 2. The number of aryl methyl sites for hydroxylation is 2. The van der Waals surface area contributed by atoms with Gasteiger partial charge in [0.2, 0.25) is 0 Å². The predicted octanol–water partition coefficient (Wildman–Crippen LogP) is 0.588. The van der Waals surface area contributed by atoms with Gasteiger partial charge in [0.1, 0.15) is 5.75 Å². The second-order valence-electron chi connectivity index (χ2n) is 6.37. The fourth-order valence-corrected chi connectivity index (χ4v) is 3.33. The molecule has 0 atom stereocenters. The maximum atomic E-state index is 11.7. The molecule has 0 spiro atoms. The summed E-state index contributed by atoms with van der Waals surface area (Å²) < 4.78 is 5.52. The zero-order chi connectivity index (χ0) is 18.3. The van der Waals surface area contributed by atoms with Crippen molar-refractivity contribution < 1.29 is 9.53 Å². The molecule has 0 bridgehead atoms. The van der Waals surface area contributed by atoms with Gasteiger partial charge in [0, 0.05) is 22.7 Å². The number of ether oxygens (including phenoxy) is 1. The summed E-state index contributed by atoms with van der Waals surface area (Å²) in [5, 5.41) is 3.25. The van der Waals surface area contributed by atoms with Gasteiger partial charge < -0.3 is 14.7 Å². The monoisotopic (exact) mass is 345 g/mol. The first-order chi connectivity index (χ1) is 12.6. The maximum absolute atomic E-state index is 11.7. The van der Waals surface area contributed by atoms with Crippen molar-refractivity contribution in [1.29, 1.82) is 0 Å². The molecule has 130 valence electrons. The molecule has 0 fully saturated rings. The van der Waals surface area contributed by atoms with E-state index in [0.717, 1.165) is 44.5 Å². The highest BCUT2D eigenvalue weighted by atomic mass is 16.5. The summed E-state index contributed by atoms with van der Waals surface area (Å²) in [5.74, 6) is 0.704. The molecule has 3 aromatic rings. The zero-order valence-corrected chi connectivity index (χ0v) is 14.9. The summed E-state index contributed by atoms with van der Waals surface area (Å²) >= 11 is 0. The van der Waals surface area contributed by atoms with Crippen LogP contribution in [0, 0.1) is 13.8 Å². The molecule has 4 rings (SSSR count). The van der Waals surface area contributed by atoms with Gasteiger partial charge in [-0.05, 0) is 37.6 Å². The molecule has 2 N–H and O–H groups in total. The highest BCUT2D eigenvalue weighted by Gasteiger charge is 2.14. The number of benzene rings is 1. The molecule has 1 aromatic carbocycles. The number of carbonyl (C=O) groups excluding carboxylic acids is 1. The molecule has 0 unspecified atom stereocenters. The second-order valence-corrected chi connectivity index (χ2v) is 6.37. The molecule has 2 aromatic heterocycles. The molecular formula is C21H19N3O2. The van der Waals surface area contributed by atoms with Crippen LogP contribution in [0.1, 0.15) is 17.0 Å². The van der Waals surface area contributed by atoms with E-state index in [2.05, 4.69) is 28.0 Å². The van der Waals surface area contributed by atoms with Gasteiger partial charge in [0.15, 0.2) is 6.29 Å². The average molecular weight is 345 g/mol. The Balaban J connectivity index is 2.00. The third kappa shape index (κ3) is 2.58. The van der Waals surface area contributed by atoms with E-state index in [9.17, 15) is 4.79 Å². The second kappa shape index (κ2) is 6.19.